The third kappa shape index (κ3) is 6.19. The van der Waals surface area contributed by atoms with Crippen molar-refractivity contribution in [3.05, 3.63) is 29.3 Å². The van der Waals surface area contributed by atoms with Crippen molar-refractivity contribution < 1.29 is 17.2 Å². The van der Waals surface area contributed by atoms with Crippen LogP contribution in [-0.2, 0) is 16.4 Å². The third-order valence-corrected chi connectivity index (χ3v) is 4.76. The van der Waals surface area contributed by atoms with Gasteiger partial charge in [-0.05, 0) is 17.7 Å². The van der Waals surface area contributed by atoms with Crippen molar-refractivity contribution in [3.8, 4) is 0 Å². The van der Waals surface area contributed by atoms with Crippen LogP contribution in [0, 0.1) is 11.6 Å². The lowest BCUT2D eigenvalue weighted by Gasteiger charge is -2.10. The second kappa shape index (κ2) is 7.38. The Morgan fingerprint density at radius 3 is 2.25 bits per heavy atom. The van der Waals surface area contributed by atoms with Crippen LogP contribution < -0.4 is 5.32 Å². The highest BCUT2D eigenvalue weighted by molar-refractivity contribution is 8.00. The summed E-state index contributed by atoms with van der Waals surface area (Å²) in [6.07, 6.45) is 1.10. The van der Waals surface area contributed by atoms with Gasteiger partial charge in [-0.1, -0.05) is 13.8 Å². The summed E-state index contributed by atoms with van der Waals surface area (Å²) < 4.78 is 49.6. The molecule has 7 heteroatoms. The van der Waals surface area contributed by atoms with E-state index in [1.54, 1.807) is 0 Å². The maximum atomic E-state index is 13.8. The van der Waals surface area contributed by atoms with E-state index in [0.717, 1.165) is 18.0 Å². The molecule has 0 spiro atoms. The minimum atomic E-state index is -3.12. The number of hydrogen-bond acceptors (Lipinski definition) is 4. The smallest absolute Gasteiger partial charge is 0.148 e. The number of halogens is 2. The molecule has 0 aliphatic heterocycles. The van der Waals surface area contributed by atoms with E-state index >= 15 is 0 Å². The fourth-order valence-corrected chi connectivity index (χ4v) is 3.61. The van der Waals surface area contributed by atoms with E-state index in [1.165, 1.54) is 12.1 Å². The molecule has 1 rings (SSSR count). The molecule has 0 fully saturated rings. The molecule has 0 aromatic heterocycles. The van der Waals surface area contributed by atoms with Crippen molar-refractivity contribution in [2.45, 2.75) is 31.3 Å². The molecule has 3 nitrogen and oxygen atoms in total. The van der Waals surface area contributed by atoms with Crippen LogP contribution >= 0.6 is 11.8 Å². The van der Waals surface area contributed by atoms with Crippen LogP contribution in [0.15, 0.2) is 17.0 Å². The van der Waals surface area contributed by atoms with Crippen molar-refractivity contribution in [1.29, 1.82) is 0 Å². The fraction of sp³-hybridized carbons (Fsp3) is 0.538. The largest absolute Gasteiger partial charge is 0.310 e. The predicted molar refractivity (Wildman–Crippen MR) is 78.8 cm³/mol. The normalized spacial score (nSPS) is 12.1. The maximum absolute atomic E-state index is 13.8. The first-order valence-electron chi connectivity index (χ1n) is 6.21. The Hall–Kier alpha value is -0.660. The first-order valence-corrected chi connectivity index (χ1v) is 9.25. The summed E-state index contributed by atoms with van der Waals surface area (Å²) in [4.78, 5) is -0.123. The van der Waals surface area contributed by atoms with E-state index in [-0.39, 0.29) is 22.4 Å². The molecule has 0 unspecified atom stereocenters. The zero-order valence-corrected chi connectivity index (χ0v) is 13.4. The van der Waals surface area contributed by atoms with Gasteiger partial charge in [-0.15, -0.1) is 11.8 Å². The lowest BCUT2D eigenvalue weighted by molar-refractivity contribution is 0.529. The molecule has 1 aromatic carbocycles. The van der Waals surface area contributed by atoms with Crippen molar-refractivity contribution >= 4 is 21.6 Å². The Morgan fingerprint density at radius 1 is 1.25 bits per heavy atom. The van der Waals surface area contributed by atoms with Crippen LogP contribution in [0.25, 0.3) is 0 Å². The van der Waals surface area contributed by atoms with E-state index in [9.17, 15) is 17.2 Å². The Bertz CT molecular complexity index is 536. The molecule has 20 heavy (non-hydrogen) atoms. The highest BCUT2D eigenvalue weighted by Crippen LogP contribution is 2.26. The van der Waals surface area contributed by atoms with Crippen molar-refractivity contribution in [2.24, 2.45) is 0 Å². The van der Waals surface area contributed by atoms with Crippen LogP contribution in [0.2, 0.25) is 0 Å². The summed E-state index contributed by atoms with van der Waals surface area (Å²) >= 11 is 0.884. The monoisotopic (exact) mass is 323 g/mol. The number of nitrogens with one attached hydrogen (secondary N) is 1. The van der Waals surface area contributed by atoms with Crippen LogP contribution in [-0.4, -0.2) is 32.2 Å². The standard InChI is InChI=1S/C13H19F2NO2S2/c1-9(2)16-8-10-6-11(14)13(12(15)7-10)19-4-5-20(3,17)18/h6-7,9,16H,4-5,8H2,1-3H3. The van der Waals surface area contributed by atoms with Crippen molar-refractivity contribution in [3.63, 3.8) is 0 Å². The average Bonchev–Trinajstić information content (AvgIpc) is 2.28. The van der Waals surface area contributed by atoms with E-state index in [4.69, 9.17) is 0 Å². The molecule has 0 aliphatic carbocycles. The van der Waals surface area contributed by atoms with Gasteiger partial charge in [-0.2, -0.15) is 0 Å². The van der Waals surface area contributed by atoms with Crippen LogP contribution in [0.5, 0.6) is 0 Å². The van der Waals surface area contributed by atoms with Crippen molar-refractivity contribution in [2.75, 3.05) is 17.8 Å². The van der Waals surface area contributed by atoms with Gasteiger partial charge in [0, 0.05) is 24.6 Å². The molecule has 0 heterocycles. The summed E-state index contributed by atoms with van der Waals surface area (Å²) in [5.41, 5.74) is 0.529. The molecule has 0 radical (unpaired) electrons. The second-order valence-corrected chi connectivity index (χ2v) is 8.27. The molecule has 1 N–H and O–H groups in total. The zero-order chi connectivity index (χ0) is 15.3. The summed E-state index contributed by atoms with van der Waals surface area (Å²) in [6.45, 7) is 4.28. The Kier molecular flexibility index (Phi) is 6.42. The lowest BCUT2D eigenvalue weighted by atomic mass is 10.2. The molecule has 0 aliphatic rings. The minimum Gasteiger partial charge on any atom is -0.310 e. The van der Waals surface area contributed by atoms with E-state index in [0.29, 0.717) is 12.1 Å². The topological polar surface area (TPSA) is 46.2 Å². The fourth-order valence-electron chi connectivity index (χ4n) is 1.47. The van der Waals surface area contributed by atoms with Gasteiger partial charge < -0.3 is 5.32 Å². The molecule has 0 atom stereocenters. The molecule has 0 amide bonds. The Morgan fingerprint density at radius 2 is 1.80 bits per heavy atom. The maximum Gasteiger partial charge on any atom is 0.148 e. The number of thioether (sulfide) groups is 1. The number of hydrogen-bond donors (Lipinski definition) is 1. The Balaban J connectivity index is 2.73. The zero-order valence-electron chi connectivity index (χ0n) is 11.7. The summed E-state index contributed by atoms with van der Waals surface area (Å²) in [6, 6.07) is 2.78. The quantitative estimate of drug-likeness (QED) is 0.784. The molecule has 0 bridgehead atoms. The van der Waals surface area contributed by atoms with E-state index in [1.807, 2.05) is 13.8 Å². The molecular weight excluding hydrogens is 304 g/mol. The van der Waals surface area contributed by atoms with Crippen LogP contribution in [0.4, 0.5) is 8.78 Å². The first-order chi connectivity index (χ1) is 9.19. The molecular formula is C13H19F2NO2S2. The van der Waals surface area contributed by atoms with Gasteiger partial charge in [0.25, 0.3) is 0 Å². The minimum absolute atomic E-state index is 0.104. The van der Waals surface area contributed by atoms with Gasteiger partial charge in [0.1, 0.15) is 21.5 Å². The highest BCUT2D eigenvalue weighted by atomic mass is 32.2. The van der Waals surface area contributed by atoms with Gasteiger partial charge in [0.05, 0.1) is 10.6 Å². The van der Waals surface area contributed by atoms with Gasteiger partial charge in [0.15, 0.2) is 0 Å². The average molecular weight is 323 g/mol. The summed E-state index contributed by atoms with van der Waals surface area (Å²) in [7, 11) is -3.12. The van der Waals surface area contributed by atoms with E-state index < -0.39 is 21.5 Å². The van der Waals surface area contributed by atoms with E-state index in [2.05, 4.69) is 5.32 Å². The number of rotatable bonds is 7. The molecule has 0 saturated carbocycles. The second-order valence-electron chi connectivity index (χ2n) is 4.90. The van der Waals surface area contributed by atoms with Crippen molar-refractivity contribution in [1.82, 2.24) is 5.32 Å². The van der Waals surface area contributed by atoms with Gasteiger partial charge >= 0.3 is 0 Å². The van der Waals surface area contributed by atoms with Gasteiger partial charge in [-0.25, -0.2) is 17.2 Å². The molecule has 114 valence electrons. The Labute approximate surface area is 123 Å². The molecule has 0 saturated heterocycles. The summed E-state index contributed by atoms with van der Waals surface area (Å²) in [5, 5.41) is 3.08. The lowest BCUT2D eigenvalue weighted by Crippen LogP contribution is -2.22. The van der Waals surface area contributed by atoms with Gasteiger partial charge in [0.2, 0.25) is 0 Å². The molecule has 1 aromatic rings. The number of sulfone groups is 1. The SMILES string of the molecule is CC(C)NCc1cc(F)c(SCCS(C)(=O)=O)c(F)c1. The summed E-state index contributed by atoms with van der Waals surface area (Å²) in [5.74, 6) is -1.27. The number of benzene rings is 1. The third-order valence-electron chi connectivity index (χ3n) is 2.47. The first kappa shape index (κ1) is 17.4. The predicted octanol–water partition coefficient (Wildman–Crippen LogP) is 2.60. The van der Waals surface area contributed by atoms with Crippen LogP contribution in [0.1, 0.15) is 19.4 Å². The van der Waals surface area contributed by atoms with Crippen LogP contribution in [0.3, 0.4) is 0 Å². The van der Waals surface area contributed by atoms with Gasteiger partial charge in [-0.3, -0.25) is 0 Å². The highest BCUT2D eigenvalue weighted by Gasteiger charge is 2.13.